The lowest BCUT2D eigenvalue weighted by Crippen LogP contribution is -2.26. The second-order valence-electron chi connectivity index (χ2n) is 3.20. The van der Waals surface area contributed by atoms with Crippen LogP contribution in [-0.4, -0.2) is 27.6 Å². The lowest BCUT2D eigenvalue weighted by Gasteiger charge is -1.98. The highest BCUT2D eigenvalue weighted by atomic mass is 16.2. The van der Waals surface area contributed by atoms with Crippen LogP contribution in [0.4, 0.5) is 5.95 Å². The zero-order chi connectivity index (χ0) is 9.26. The molecule has 1 heterocycles. The molecular formula is C7H11N5O. The van der Waals surface area contributed by atoms with Crippen LogP contribution in [-0.2, 0) is 0 Å². The molecule has 1 saturated carbocycles. The zero-order valence-electron chi connectivity index (χ0n) is 7.08. The third-order valence-corrected chi connectivity index (χ3v) is 1.97. The highest BCUT2D eigenvalue weighted by Gasteiger charge is 2.22. The summed E-state index contributed by atoms with van der Waals surface area (Å²) in [5.41, 5.74) is 5.25. The van der Waals surface area contributed by atoms with Crippen molar-refractivity contribution in [3.05, 3.63) is 5.82 Å². The lowest BCUT2D eigenvalue weighted by atomic mass is 10.4. The molecule has 1 aromatic rings. The first-order valence-corrected chi connectivity index (χ1v) is 4.22. The Kier molecular flexibility index (Phi) is 1.88. The molecule has 0 bridgehead atoms. The molecule has 1 aromatic heterocycles. The molecule has 0 aromatic carbocycles. The van der Waals surface area contributed by atoms with Crippen molar-refractivity contribution >= 4 is 11.9 Å². The minimum absolute atomic E-state index is 0.0940. The van der Waals surface area contributed by atoms with Crippen molar-refractivity contribution in [2.75, 3.05) is 12.3 Å². The van der Waals surface area contributed by atoms with Crippen molar-refractivity contribution in [1.29, 1.82) is 0 Å². The quantitative estimate of drug-likeness (QED) is 0.587. The number of anilines is 1. The molecule has 2 rings (SSSR count). The number of nitrogens with one attached hydrogen (secondary N) is 2. The number of nitrogens with zero attached hydrogens (tertiary/aromatic N) is 2. The van der Waals surface area contributed by atoms with Crippen LogP contribution in [0.2, 0.25) is 0 Å². The average molecular weight is 181 g/mol. The van der Waals surface area contributed by atoms with Crippen LogP contribution in [0.25, 0.3) is 0 Å². The molecule has 6 nitrogen and oxygen atoms in total. The van der Waals surface area contributed by atoms with Crippen LogP contribution >= 0.6 is 0 Å². The van der Waals surface area contributed by atoms with E-state index in [1.807, 2.05) is 0 Å². The Morgan fingerprint density at radius 2 is 2.46 bits per heavy atom. The molecule has 1 fully saturated rings. The van der Waals surface area contributed by atoms with Crippen molar-refractivity contribution < 1.29 is 4.79 Å². The van der Waals surface area contributed by atoms with E-state index in [9.17, 15) is 4.79 Å². The van der Waals surface area contributed by atoms with E-state index in [1.165, 1.54) is 12.8 Å². The second-order valence-corrected chi connectivity index (χ2v) is 3.20. The number of carbonyl (C=O) groups excluding carboxylic acids is 1. The van der Waals surface area contributed by atoms with Gasteiger partial charge in [-0.1, -0.05) is 0 Å². The molecule has 4 N–H and O–H groups in total. The molecule has 1 amide bonds. The lowest BCUT2D eigenvalue weighted by molar-refractivity contribution is 0.0942. The SMILES string of the molecule is Nc1n[nH]c(C(=O)NCC2CC2)n1. The molecule has 0 aliphatic heterocycles. The van der Waals surface area contributed by atoms with Crippen molar-refractivity contribution in [1.82, 2.24) is 20.5 Å². The van der Waals surface area contributed by atoms with Gasteiger partial charge in [0.25, 0.3) is 5.91 Å². The summed E-state index contributed by atoms with van der Waals surface area (Å²) in [5.74, 6) is 0.690. The van der Waals surface area contributed by atoms with Crippen LogP contribution in [0.5, 0.6) is 0 Å². The summed E-state index contributed by atoms with van der Waals surface area (Å²) in [6.45, 7) is 0.722. The van der Waals surface area contributed by atoms with Crippen LogP contribution in [0, 0.1) is 5.92 Å². The summed E-state index contributed by atoms with van der Waals surface area (Å²) in [6, 6.07) is 0. The van der Waals surface area contributed by atoms with Gasteiger partial charge in [-0.15, -0.1) is 5.10 Å². The fraction of sp³-hybridized carbons (Fsp3) is 0.571. The Labute approximate surface area is 74.9 Å². The molecule has 1 aliphatic carbocycles. The van der Waals surface area contributed by atoms with Gasteiger partial charge < -0.3 is 11.1 Å². The maximum absolute atomic E-state index is 11.3. The molecule has 0 atom stereocenters. The van der Waals surface area contributed by atoms with Crippen molar-refractivity contribution in [2.24, 2.45) is 5.92 Å². The number of hydrogen-bond donors (Lipinski definition) is 3. The number of aromatic nitrogens is 3. The minimum atomic E-state index is -0.240. The van der Waals surface area contributed by atoms with Gasteiger partial charge >= 0.3 is 0 Å². The molecule has 1 aliphatic rings. The van der Waals surface area contributed by atoms with E-state index in [-0.39, 0.29) is 17.7 Å². The van der Waals surface area contributed by atoms with E-state index in [4.69, 9.17) is 5.73 Å². The van der Waals surface area contributed by atoms with Crippen molar-refractivity contribution in [3.8, 4) is 0 Å². The van der Waals surface area contributed by atoms with Gasteiger partial charge in [-0.05, 0) is 18.8 Å². The van der Waals surface area contributed by atoms with Gasteiger partial charge in [0.15, 0.2) is 0 Å². The molecule has 70 valence electrons. The fourth-order valence-corrected chi connectivity index (χ4v) is 1.02. The van der Waals surface area contributed by atoms with Gasteiger partial charge in [-0.2, -0.15) is 4.98 Å². The molecule has 13 heavy (non-hydrogen) atoms. The summed E-state index contributed by atoms with van der Waals surface area (Å²) in [5, 5.41) is 8.76. The summed E-state index contributed by atoms with van der Waals surface area (Å²) in [7, 11) is 0. The largest absolute Gasteiger partial charge is 0.366 e. The zero-order valence-corrected chi connectivity index (χ0v) is 7.08. The van der Waals surface area contributed by atoms with Crippen LogP contribution in [0.15, 0.2) is 0 Å². The average Bonchev–Trinajstić information content (AvgIpc) is 2.84. The normalized spacial score (nSPS) is 15.7. The Hall–Kier alpha value is -1.59. The van der Waals surface area contributed by atoms with Gasteiger partial charge in [0.05, 0.1) is 0 Å². The van der Waals surface area contributed by atoms with Crippen LogP contribution < -0.4 is 11.1 Å². The van der Waals surface area contributed by atoms with Gasteiger partial charge in [-0.3, -0.25) is 9.89 Å². The van der Waals surface area contributed by atoms with E-state index in [0.717, 1.165) is 6.54 Å². The number of nitrogens with two attached hydrogens (primary N) is 1. The standard InChI is InChI=1S/C7H11N5O/c8-7-10-5(11-12-7)6(13)9-3-4-1-2-4/h4H,1-3H2,(H,9,13)(H3,8,10,11,12). The number of rotatable bonds is 3. The number of aromatic amines is 1. The minimum Gasteiger partial charge on any atom is -0.366 e. The summed E-state index contributed by atoms with van der Waals surface area (Å²) in [6.07, 6.45) is 2.41. The number of nitrogen functional groups attached to an aromatic ring is 1. The highest BCUT2D eigenvalue weighted by molar-refractivity contribution is 5.90. The first-order valence-electron chi connectivity index (χ1n) is 4.22. The topological polar surface area (TPSA) is 96.7 Å². The maximum Gasteiger partial charge on any atom is 0.288 e. The van der Waals surface area contributed by atoms with Gasteiger partial charge in [0.2, 0.25) is 11.8 Å². The van der Waals surface area contributed by atoms with Crippen molar-refractivity contribution in [2.45, 2.75) is 12.8 Å². The first kappa shape index (κ1) is 8.03. The molecule has 0 spiro atoms. The Balaban J connectivity index is 1.88. The maximum atomic E-state index is 11.3. The summed E-state index contributed by atoms with van der Waals surface area (Å²) >= 11 is 0. The van der Waals surface area contributed by atoms with Gasteiger partial charge in [0.1, 0.15) is 0 Å². The smallest absolute Gasteiger partial charge is 0.288 e. The molecule has 0 radical (unpaired) electrons. The summed E-state index contributed by atoms with van der Waals surface area (Å²) in [4.78, 5) is 15.0. The second kappa shape index (κ2) is 3.04. The Bertz CT molecular complexity index is 316. The predicted octanol–water partition coefficient (Wildman–Crippen LogP) is -0.473. The van der Waals surface area contributed by atoms with E-state index >= 15 is 0 Å². The fourth-order valence-electron chi connectivity index (χ4n) is 1.02. The predicted molar refractivity (Wildman–Crippen MR) is 45.9 cm³/mol. The van der Waals surface area contributed by atoms with Gasteiger partial charge in [-0.25, -0.2) is 0 Å². The van der Waals surface area contributed by atoms with E-state index in [2.05, 4.69) is 20.5 Å². The van der Waals surface area contributed by atoms with Crippen LogP contribution in [0.1, 0.15) is 23.5 Å². The molecular weight excluding hydrogens is 170 g/mol. The van der Waals surface area contributed by atoms with Gasteiger partial charge in [0, 0.05) is 6.54 Å². The molecule has 0 unspecified atom stereocenters. The number of carbonyl (C=O) groups is 1. The first-order chi connectivity index (χ1) is 6.25. The Morgan fingerprint density at radius 1 is 1.69 bits per heavy atom. The highest BCUT2D eigenvalue weighted by Crippen LogP contribution is 2.27. The summed E-state index contributed by atoms with van der Waals surface area (Å²) < 4.78 is 0. The van der Waals surface area contributed by atoms with E-state index in [1.54, 1.807) is 0 Å². The van der Waals surface area contributed by atoms with E-state index < -0.39 is 0 Å². The van der Waals surface area contributed by atoms with E-state index in [0.29, 0.717) is 5.92 Å². The number of hydrogen-bond acceptors (Lipinski definition) is 4. The van der Waals surface area contributed by atoms with Crippen molar-refractivity contribution in [3.63, 3.8) is 0 Å². The molecule has 0 saturated heterocycles. The number of amides is 1. The third-order valence-electron chi connectivity index (χ3n) is 1.97. The Morgan fingerprint density at radius 3 is 3.00 bits per heavy atom. The van der Waals surface area contributed by atoms with Crippen LogP contribution in [0.3, 0.4) is 0 Å². The molecule has 6 heteroatoms. The number of H-pyrrole nitrogens is 1. The monoisotopic (exact) mass is 181 g/mol. The third kappa shape index (κ3) is 1.95.